The van der Waals surface area contributed by atoms with Crippen LogP contribution in [0.1, 0.15) is 26.3 Å². The van der Waals surface area contributed by atoms with Crippen molar-refractivity contribution in [2.45, 2.75) is 26.2 Å². The van der Waals surface area contributed by atoms with Gasteiger partial charge in [-0.25, -0.2) is 0 Å². The Kier molecular flexibility index (Phi) is 3.24. The molecule has 0 aromatic heterocycles. The molecule has 0 spiro atoms. The van der Waals surface area contributed by atoms with Crippen LogP contribution in [0.2, 0.25) is 0 Å². The molecule has 0 bridgehead atoms. The molecule has 1 aliphatic heterocycles. The summed E-state index contributed by atoms with van der Waals surface area (Å²) in [7, 11) is 0. The van der Waals surface area contributed by atoms with Crippen molar-refractivity contribution in [3.63, 3.8) is 0 Å². The Labute approximate surface area is 142 Å². The Morgan fingerprint density at radius 3 is 2.50 bits per heavy atom. The monoisotopic (exact) mass is 316 g/mol. The molecule has 1 aromatic rings. The van der Waals surface area contributed by atoms with Crippen LogP contribution in [-0.4, -0.2) is 12.6 Å². The first-order valence-electron chi connectivity index (χ1n) is 8.27. The standard InChI is InChI=1S/C22H20O2/c1-14-9-15(2)19-11-18-13-24-21(23)22(18,12-20(19)16(3)10-14)17-7-5-4-6-8-17/h4-12H,13H2,1-3H3. The number of carbonyl (C=O) groups is 1. The molecule has 1 heterocycles. The van der Waals surface area contributed by atoms with E-state index in [9.17, 15) is 4.79 Å². The van der Waals surface area contributed by atoms with Gasteiger partial charge in [0.2, 0.25) is 0 Å². The molecule has 2 nitrogen and oxygen atoms in total. The second-order valence-corrected chi connectivity index (χ2v) is 6.79. The fraction of sp³-hybridized carbons (Fsp3) is 0.227. The Morgan fingerprint density at radius 1 is 1.00 bits per heavy atom. The van der Waals surface area contributed by atoms with Gasteiger partial charge >= 0.3 is 5.97 Å². The van der Waals surface area contributed by atoms with Crippen molar-refractivity contribution >= 4 is 5.97 Å². The number of allylic oxidation sites excluding steroid dienone is 8. The molecule has 24 heavy (non-hydrogen) atoms. The molecule has 4 rings (SSSR count). The van der Waals surface area contributed by atoms with E-state index in [0.29, 0.717) is 6.61 Å². The molecular formula is C22H20O2. The topological polar surface area (TPSA) is 26.3 Å². The van der Waals surface area contributed by atoms with Gasteiger partial charge in [-0.1, -0.05) is 54.1 Å². The third-order valence-corrected chi connectivity index (χ3v) is 5.12. The first kappa shape index (κ1) is 14.9. The first-order chi connectivity index (χ1) is 11.5. The summed E-state index contributed by atoms with van der Waals surface area (Å²) in [5.41, 5.74) is 7.18. The lowest BCUT2D eigenvalue weighted by Gasteiger charge is -2.30. The van der Waals surface area contributed by atoms with Crippen molar-refractivity contribution in [3.8, 4) is 0 Å². The normalized spacial score (nSPS) is 25.7. The average Bonchev–Trinajstić information content (AvgIpc) is 2.86. The fourth-order valence-corrected chi connectivity index (χ4v) is 3.98. The second-order valence-electron chi connectivity index (χ2n) is 6.79. The number of esters is 1. The van der Waals surface area contributed by atoms with E-state index in [-0.39, 0.29) is 5.97 Å². The van der Waals surface area contributed by atoms with Crippen LogP contribution < -0.4 is 0 Å². The molecule has 120 valence electrons. The summed E-state index contributed by atoms with van der Waals surface area (Å²) in [6.07, 6.45) is 8.66. The molecule has 1 aromatic carbocycles. The summed E-state index contributed by atoms with van der Waals surface area (Å²) < 4.78 is 5.48. The van der Waals surface area contributed by atoms with E-state index in [1.165, 1.54) is 22.3 Å². The summed E-state index contributed by atoms with van der Waals surface area (Å²) in [5.74, 6) is -0.175. The van der Waals surface area contributed by atoms with E-state index in [1.54, 1.807) is 0 Å². The smallest absolute Gasteiger partial charge is 0.325 e. The summed E-state index contributed by atoms with van der Waals surface area (Å²) in [5, 5.41) is 0. The molecule has 2 heteroatoms. The maximum atomic E-state index is 12.8. The maximum Gasteiger partial charge on any atom is 0.325 e. The Balaban J connectivity index is 2.02. The van der Waals surface area contributed by atoms with Crippen LogP contribution >= 0.6 is 0 Å². The number of benzene rings is 1. The number of cyclic esters (lactones) is 1. The quantitative estimate of drug-likeness (QED) is 0.709. The zero-order valence-electron chi connectivity index (χ0n) is 14.2. The van der Waals surface area contributed by atoms with Gasteiger partial charge in [-0.05, 0) is 60.3 Å². The zero-order valence-corrected chi connectivity index (χ0v) is 14.2. The highest BCUT2D eigenvalue weighted by Gasteiger charge is 2.50. The molecule has 0 N–H and O–H groups in total. The van der Waals surface area contributed by atoms with Crippen LogP contribution in [0.3, 0.4) is 0 Å². The zero-order chi connectivity index (χ0) is 16.9. The molecule has 2 aliphatic carbocycles. The van der Waals surface area contributed by atoms with E-state index in [4.69, 9.17) is 4.74 Å². The van der Waals surface area contributed by atoms with Crippen molar-refractivity contribution in [3.05, 3.63) is 93.6 Å². The van der Waals surface area contributed by atoms with E-state index in [1.807, 2.05) is 30.3 Å². The molecule has 3 aliphatic rings. The highest BCUT2D eigenvalue weighted by atomic mass is 16.5. The third kappa shape index (κ3) is 1.99. The Hall–Kier alpha value is -2.61. The highest BCUT2D eigenvalue weighted by Crippen LogP contribution is 2.47. The summed E-state index contributed by atoms with van der Waals surface area (Å²) in [6.45, 7) is 6.71. The number of fused-ring (bicyclic) bond motifs is 2. The Morgan fingerprint density at radius 2 is 1.75 bits per heavy atom. The summed E-state index contributed by atoms with van der Waals surface area (Å²) in [4.78, 5) is 12.8. The van der Waals surface area contributed by atoms with Gasteiger partial charge < -0.3 is 4.74 Å². The van der Waals surface area contributed by atoms with Gasteiger partial charge in [-0.3, -0.25) is 4.79 Å². The van der Waals surface area contributed by atoms with Gasteiger partial charge in [-0.15, -0.1) is 0 Å². The Bertz CT molecular complexity index is 891. The highest BCUT2D eigenvalue weighted by molar-refractivity contribution is 5.95. The van der Waals surface area contributed by atoms with Crippen molar-refractivity contribution in [2.75, 3.05) is 6.61 Å². The average molecular weight is 316 g/mol. The predicted molar refractivity (Wildman–Crippen MR) is 95.5 cm³/mol. The molecule has 1 atom stereocenters. The lowest BCUT2D eigenvalue weighted by atomic mass is 9.69. The minimum atomic E-state index is -0.784. The van der Waals surface area contributed by atoms with E-state index in [2.05, 4.69) is 45.1 Å². The molecule has 0 amide bonds. The van der Waals surface area contributed by atoms with Crippen LogP contribution in [0.25, 0.3) is 0 Å². The van der Waals surface area contributed by atoms with Crippen LogP contribution in [0.5, 0.6) is 0 Å². The lowest BCUT2D eigenvalue weighted by molar-refractivity contribution is -0.141. The van der Waals surface area contributed by atoms with E-state index in [0.717, 1.165) is 16.7 Å². The van der Waals surface area contributed by atoms with E-state index >= 15 is 0 Å². The second kappa shape index (κ2) is 5.20. The molecule has 1 unspecified atom stereocenters. The van der Waals surface area contributed by atoms with E-state index < -0.39 is 5.41 Å². The largest absolute Gasteiger partial charge is 0.460 e. The van der Waals surface area contributed by atoms with Crippen molar-refractivity contribution in [1.82, 2.24) is 0 Å². The van der Waals surface area contributed by atoms with Gasteiger partial charge in [0, 0.05) is 0 Å². The molecule has 0 radical (unpaired) electrons. The van der Waals surface area contributed by atoms with Crippen molar-refractivity contribution in [1.29, 1.82) is 0 Å². The van der Waals surface area contributed by atoms with Gasteiger partial charge in [-0.2, -0.15) is 0 Å². The SMILES string of the molecule is CC1=CC(C)=C2C=C3COC(=O)C3(c3ccccc3)C=C2C(C)=C1. The molecule has 0 saturated carbocycles. The molecule has 1 saturated heterocycles. The van der Waals surface area contributed by atoms with Gasteiger partial charge in [0.05, 0.1) is 0 Å². The summed E-state index contributed by atoms with van der Waals surface area (Å²) in [6, 6.07) is 9.95. The lowest BCUT2D eigenvalue weighted by Crippen LogP contribution is -2.33. The summed E-state index contributed by atoms with van der Waals surface area (Å²) >= 11 is 0. The van der Waals surface area contributed by atoms with Crippen LogP contribution in [0.15, 0.2) is 88.1 Å². The van der Waals surface area contributed by atoms with Gasteiger partial charge in [0.15, 0.2) is 0 Å². The molecular weight excluding hydrogens is 296 g/mol. The third-order valence-electron chi connectivity index (χ3n) is 5.12. The van der Waals surface area contributed by atoms with Gasteiger partial charge in [0.1, 0.15) is 12.0 Å². The minimum Gasteiger partial charge on any atom is -0.460 e. The van der Waals surface area contributed by atoms with Crippen molar-refractivity contribution < 1.29 is 9.53 Å². The number of rotatable bonds is 1. The first-order valence-corrected chi connectivity index (χ1v) is 8.27. The van der Waals surface area contributed by atoms with Crippen LogP contribution in [0.4, 0.5) is 0 Å². The predicted octanol–water partition coefficient (Wildman–Crippen LogP) is 4.57. The maximum absolute atomic E-state index is 12.8. The number of carbonyl (C=O) groups excluding carboxylic acids is 1. The molecule has 1 fully saturated rings. The fourth-order valence-electron chi connectivity index (χ4n) is 3.98. The number of hydrogen-bond donors (Lipinski definition) is 0. The van der Waals surface area contributed by atoms with Crippen LogP contribution in [-0.2, 0) is 14.9 Å². The van der Waals surface area contributed by atoms with Gasteiger partial charge in [0.25, 0.3) is 0 Å². The van der Waals surface area contributed by atoms with Crippen molar-refractivity contribution in [2.24, 2.45) is 0 Å². The number of hydrogen-bond acceptors (Lipinski definition) is 2. The van der Waals surface area contributed by atoms with Crippen LogP contribution in [0, 0.1) is 0 Å². The minimum absolute atomic E-state index is 0.175. The number of ether oxygens (including phenoxy) is 1.